The van der Waals surface area contributed by atoms with Crippen molar-refractivity contribution in [3.05, 3.63) is 11.8 Å². The SMILES string of the molecule is CC(C)NCc1nnc(CC(F)(F)F)o1. The lowest BCUT2D eigenvalue weighted by molar-refractivity contribution is -0.130. The van der Waals surface area contributed by atoms with E-state index >= 15 is 0 Å². The van der Waals surface area contributed by atoms with Gasteiger partial charge in [-0.3, -0.25) is 0 Å². The van der Waals surface area contributed by atoms with Gasteiger partial charge in [0, 0.05) is 6.04 Å². The van der Waals surface area contributed by atoms with Crippen molar-refractivity contribution in [2.24, 2.45) is 0 Å². The Morgan fingerprint density at radius 1 is 1.27 bits per heavy atom. The molecule has 0 bridgehead atoms. The highest BCUT2D eigenvalue weighted by Gasteiger charge is 2.30. The average molecular weight is 223 g/mol. The number of nitrogens with zero attached hydrogens (tertiary/aromatic N) is 2. The molecule has 0 saturated carbocycles. The smallest absolute Gasteiger partial charge is 0.397 e. The molecule has 86 valence electrons. The Bertz CT molecular complexity index is 308. The molecule has 0 aliphatic heterocycles. The molecule has 0 spiro atoms. The molecule has 0 fully saturated rings. The molecule has 0 radical (unpaired) electrons. The van der Waals surface area contributed by atoms with E-state index in [4.69, 9.17) is 4.42 Å². The lowest BCUT2D eigenvalue weighted by Crippen LogP contribution is -2.21. The number of rotatable bonds is 4. The molecule has 1 aromatic rings. The molecular formula is C8H12F3N3O. The van der Waals surface area contributed by atoms with Gasteiger partial charge >= 0.3 is 6.18 Å². The van der Waals surface area contributed by atoms with Crippen molar-refractivity contribution in [1.29, 1.82) is 0 Å². The number of alkyl halides is 3. The zero-order valence-electron chi connectivity index (χ0n) is 8.43. The largest absolute Gasteiger partial charge is 0.424 e. The van der Waals surface area contributed by atoms with Crippen molar-refractivity contribution in [2.45, 2.75) is 39.0 Å². The molecule has 0 aliphatic rings. The summed E-state index contributed by atoms with van der Waals surface area (Å²) in [5.41, 5.74) is 0. The molecule has 7 heteroatoms. The van der Waals surface area contributed by atoms with Gasteiger partial charge in [-0.25, -0.2) is 0 Å². The molecule has 1 aromatic heterocycles. The van der Waals surface area contributed by atoms with E-state index < -0.39 is 18.5 Å². The normalized spacial score (nSPS) is 12.4. The molecule has 1 heterocycles. The van der Waals surface area contributed by atoms with Crippen LogP contribution in [0.1, 0.15) is 25.6 Å². The fraction of sp³-hybridized carbons (Fsp3) is 0.750. The molecule has 0 aliphatic carbocycles. The first-order chi connectivity index (χ1) is 6.87. The Kier molecular flexibility index (Phi) is 3.67. The summed E-state index contributed by atoms with van der Waals surface area (Å²) in [7, 11) is 0. The van der Waals surface area contributed by atoms with Gasteiger partial charge in [-0.2, -0.15) is 13.2 Å². The predicted molar refractivity (Wildman–Crippen MR) is 46.0 cm³/mol. The third-order valence-corrected chi connectivity index (χ3v) is 1.52. The topological polar surface area (TPSA) is 51.0 Å². The predicted octanol–water partition coefficient (Wildman–Crippen LogP) is 1.67. The first kappa shape index (κ1) is 12.0. The zero-order chi connectivity index (χ0) is 11.5. The Hall–Kier alpha value is -1.11. The highest BCUT2D eigenvalue weighted by Crippen LogP contribution is 2.20. The van der Waals surface area contributed by atoms with E-state index in [9.17, 15) is 13.2 Å². The van der Waals surface area contributed by atoms with Gasteiger partial charge in [0.15, 0.2) is 0 Å². The Morgan fingerprint density at radius 3 is 2.40 bits per heavy atom. The van der Waals surface area contributed by atoms with Crippen LogP contribution in [-0.4, -0.2) is 22.4 Å². The van der Waals surface area contributed by atoms with Gasteiger partial charge in [0.1, 0.15) is 6.42 Å². The summed E-state index contributed by atoms with van der Waals surface area (Å²) in [5, 5.41) is 9.76. The molecule has 0 saturated heterocycles. The number of halogens is 3. The van der Waals surface area contributed by atoms with Gasteiger partial charge in [0.2, 0.25) is 11.8 Å². The van der Waals surface area contributed by atoms with E-state index in [-0.39, 0.29) is 18.5 Å². The van der Waals surface area contributed by atoms with E-state index in [1.165, 1.54) is 0 Å². The van der Waals surface area contributed by atoms with Gasteiger partial charge in [-0.1, -0.05) is 13.8 Å². The standard InChI is InChI=1S/C8H12F3N3O/c1-5(2)12-4-7-14-13-6(15-7)3-8(9,10)11/h5,12H,3-4H2,1-2H3. The van der Waals surface area contributed by atoms with Crippen molar-refractivity contribution < 1.29 is 17.6 Å². The number of nitrogens with one attached hydrogen (secondary N) is 1. The second-order valence-corrected chi connectivity index (χ2v) is 3.42. The molecular weight excluding hydrogens is 211 g/mol. The van der Waals surface area contributed by atoms with Gasteiger partial charge in [-0.05, 0) is 0 Å². The molecule has 0 unspecified atom stereocenters. The van der Waals surface area contributed by atoms with Crippen LogP contribution in [0.4, 0.5) is 13.2 Å². The summed E-state index contributed by atoms with van der Waals surface area (Å²) in [6, 6.07) is 0.211. The van der Waals surface area contributed by atoms with Crippen LogP contribution >= 0.6 is 0 Å². The van der Waals surface area contributed by atoms with E-state index in [2.05, 4.69) is 15.5 Å². The van der Waals surface area contributed by atoms with Gasteiger partial charge < -0.3 is 9.73 Å². The van der Waals surface area contributed by atoms with E-state index in [0.717, 1.165) is 0 Å². The summed E-state index contributed by atoms with van der Waals surface area (Å²) >= 11 is 0. The van der Waals surface area contributed by atoms with Crippen molar-refractivity contribution >= 4 is 0 Å². The van der Waals surface area contributed by atoms with Crippen LogP contribution in [0.25, 0.3) is 0 Å². The van der Waals surface area contributed by atoms with Gasteiger partial charge in [-0.15, -0.1) is 10.2 Å². The fourth-order valence-corrected chi connectivity index (χ4v) is 0.894. The summed E-state index contributed by atoms with van der Waals surface area (Å²) in [4.78, 5) is 0. The average Bonchev–Trinajstić information content (AvgIpc) is 2.45. The van der Waals surface area contributed by atoms with Crippen molar-refractivity contribution in [1.82, 2.24) is 15.5 Å². The van der Waals surface area contributed by atoms with Crippen molar-refractivity contribution in [3.8, 4) is 0 Å². The molecule has 15 heavy (non-hydrogen) atoms. The molecule has 1 N–H and O–H groups in total. The maximum absolute atomic E-state index is 11.9. The summed E-state index contributed by atoms with van der Waals surface area (Å²) in [6.07, 6.45) is -5.49. The van der Waals surface area contributed by atoms with E-state index in [0.29, 0.717) is 0 Å². The fourth-order valence-electron chi connectivity index (χ4n) is 0.894. The van der Waals surface area contributed by atoms with Crippen LogP contribution in [0.5, 0.6) is 0 Å². The minimum Gasteiger partial charge on any atom is -0.424 e. The van der Waals surface area contributed by atoms with E-state index in [1.54, 1.807) is 0 Å². The lowest BCUT2D eigenvalue weighted by atomic mass is 10.4. The van der Waals surface area contributed by atoms with E-state index in [1.807, 2.05) is 13.8 Å². The maximum atomic E-state index is 11.9. The number of aromatic nitrogens is 2. The number of hydrogen-bond acceptors (Lipinski definition) is 4. The first-order valence-corrected chi connectivity index (χ1v) is 4.48. The quantitative estimate of drug-likeness (QED) is 0.843. The molecule has 0 atom stereocenters. The summed E-state index contributed by atoms with van der Waals surface area (Å²) < 4.78 is 40.6. The minimum atomic E-state index is -4.31. The number of hydrogen-bond donors (Lipinski definition) is 1. The molecule has 0 aromatic carbocycles. The zero-order valence-corrected chi connectivity index (χ0v) is 8.43. The van der Waals surface area contributed by atoms with Gasteiger partial charge in [0.05, 0.1) is 6.54 Å². The highest BCUT2D eigenvalue weighted by atomic mass is 19.4. The maximum Gasteiger partial charge on any atom is 0.397 e. The second kappa shape index (κ2) is 4.61. The highest BCUT2D eigenvalue weighted by molar-refractivity contribution is 4.84. The van der Waals surface area contributed by atoms with Crippen LogP contribution in [0.15, 0.2) is 4.42 Å². The van der Waals surface area contributed by atoms with Crippen LogP contribution in [-0.2, 0) is 13.0 Å². The first-order valence-electron chi connectivity index (χ1n) is 4.48. The van der Waals surface area contributed by atoms with Crippen LogP contribution < -0.4 is 5.32 Å². The van der Waals surface area contributed by atoms with Crippen LogP contribution in [0, 0.1) is 0 Å². The molecule has 0 amide bonds. The Morgan fingerprint density at radius 2 is 1.87 bits per heavy atom. The lowest BCUT2D eigenvalue weighted by Gasteiger charge is -2.03. The molecule has 4 nitrogen and oxygen atoms in total. The monoisotopic (exact) mass is 223 g/mol. The summed E-state index contributed by atoms with van der Waals surface area (Å²) in [6.45, 7) is 4.10. The van der Waals surface area contributed by atoms with Crippen molar-refractivity contribution in [2.75, 3.05) is 0 Å². The molecule has 1 rings (SSSR count). The van der Waals surface area contributed by atoms with Crippen LogP contribution in [0.2, 0.25) is 0 Å². The second-order valence-electron chi connectivity index (χ2n) is 3.42. The van der Waals surface area contributed by atoms with Crippen LogP contribution in [0.3, 0.4) is 0 Å². The van der Waals surface area contributed by atoms with Crippen molar-refractivity contribution in [3.63, 3.8) is 0 Å². The third kappa shape index (κ3) is 4.78. The Labute approximate surface area is 84.9 Å². The van der Waals surface area contributed by atoms with Gasteiger partial charge in [0.25, 0.3) is 0 Å². The Balaban J connectivity index is 2.49. The third-order valence-electron chi connectivity index (χ3n) is 1.52. The minimum absolute atomic E-state index is 0.169. The summed E-state index contributed by atoms with van der Waals surface area (Å²) in [5.74, 6) is -0.231.